The molecule has 0 saturated heterocycles. The smallest absolute Gasteiger partial charge is 0.120 e. The van der Waals surface area contributed by atoms with Crippen molar-refractivity contribution in [2.75, 3.05) is 0 Å². The highest BCUT2D eigenvalue weighted by Crippen LogP contribution is 2.23. The summed E-state index contributed by atoms with van der Waals surface area (Å²) in [5.74, 6) is 0.851. The number of rotatable bonds is 5. The molecule has 0 heterocycles. The van der Waals surface area contributed by atoms with Gasteiger partial charge in [-0.25, -0.2) is 0 Å². The molecule has 1 atom stereocenters. The Labute approximate surface area is 105 Å². The van der Waals surface area contributed by atoms with Crippen molar-refractivity contribution in [2.24, 2.45) is 0 Å². The largest absolute Gasteiger partial charge is 0.488 e. The topological polar surface area (TPSA) is 29.5 Å². The first-order valence-corrected chi connectivity index (χ1v) is 6.39. The zero-order valence-electron chi connectivity index (χ0n) is 11.4. The van der Waals surface area contributed by atoms with Crippen LogP contribution in [-0.2, 0) is 0 Å². The molecule has 1 aromatic rings. The number of hydrogen-bond acceptors (Lipinski definition) is 2. The molecule has 2 nitrogen and oxygen atoms in total. The van der Waals surface area contributed by atoms with Crippen LogP contribution in [0.15, 0.2) is 24.3 Å². The number of unbranched alkanes of at least 4 members (excludes halogenated alkanes) is 1. The van der Waals surface area contributed by atoms with Crippen LogP contribution < -0.4 is 4.74 Å². The number of aliphatic hydroxyl groups is 1. The summed E-state index contributed by atoms with van der Waals surface area (Å²) in [6.45, 7) is 8.21. The van der Waals surface area contributed by atoms with Crippen molar-refractivity contribution >= 4 is 0 Å². The van der Waals surface area contributed by atoms with Crippen molar-refractivity contribution in [1.82, 2.24) is 0 Å². The van der Waals surface area contributed by atoms with Gasteiger partial charge in [-0.2, -0.15) is 0 Å². The normalized spacial score (nSPS) is 13.5. The molecule has 0 amide bonds. The molecular weight excluding hydrogens is 212 g/mol. The Morgan fingerprint density at radius 1 is 1.18 bits per heavy atom. The van der Waals surface area contributed by atoms with Gasteiger partial charge in [-0.3, -0.25) is 0 Å². The van der Waals surface area contributed by atoms with Gasteiger partial charge in [0.25, 0.3) is 0 Å². The molecule has 1 unspecified atom stereocenters. The van der Waals surface area contributed by atoms with E-state index in [1.165, 1.54) is 0 Å². The average Bonchev–Trinajstić information content (AvgIpc) is 2.24. The minimum atomic E-state index is -0.348. The lowest BCUT2D eigenvalue weighted by molar-refractivity contribution is 0.130. The van der Waals surface area contributed by atoms with E-state index in [-0.39, 0.29) is 11.7 Å². The third kappa shape index (κ3) is 5.22. The monoisotopic (exact) mass is 236 g/mol. The summed E-state index contributed by atoms with van der Waals surface area (Å²) in [4.78, 5) is 0. The number of hydrogen-bond donors (Lipinski definition) is 1. The van der Waals surface area contributed by atoms with E-state index in [0.717, 1.165) is 30.6 Å². The Morgan fingerprint density at radius 3 is 2.24 bits per heavy atom. The fraction of sp³-hybridized carbons (Fsp3) is 0.600. The van der Waals surface area contributed by atoms with Crippen LogP contribution in [0.3, 0.4) is 0 Å². The van der Waals surface area contributed by atoms with Crippen LogP contribution >= 0.6 is 0 Å². The third-order valence-corrected chi connectivity index (χ3v) is 2.52. The van der Waals surface area contributed by atoms with Crippen molar-refractivity contribution in [3.05, 3.63) is 29.8 Å². The zero-order valence-corrected chi connectivity index (χ0v) is 11.4. The second kappa shape index (κ2) is 6.06. The fourth-order valence-corrected chi connectivity index (χ4v) is 1.68. The van der Waals surface area contributed by atoms with E-state index in [1.54, 1.807) is 0 Å². The maximum Gasteiger partial charge on any atom is 0.120 e. The summed E-state index contributed by atoms with van der Waals surface area (Å²) in [5.41, 5.74) is 0.794. The summed E-state index contributed by atoms with van der Waals surface area (Å²) in [7, 11) is 0. The van der Waals surface area contributed by atoms with E-state index in [2.05, 4.69) is 6.92 Å². The first kappa shape index (κ1) is 14.0. The Morgan fingerprint density at radius 2 is 1.76 bits per heavy atom. The lowest BCUT2D eigenvalue weighted by Gasteiger charge is -2.21. The highest BCUT2D eigenvalue weighted by Gasteiger charge is 2.12. The second-order valence-electron chi connectivity index (χ2n) is 5.44. The van der Waals surface area contributed by atoms with Gasteiger partial charge in [0.1, 0.15) is 11.4 Å². The van der Waals surface area contributed by atoms with Gasteiger partial charge in [0.05, 0.1) is 6.10 Å². The lowest BCUT2D eigenvalue weighted by Crippen LogP contribution is -2.22. The minimum absolute atomic E-state index is 0.178. The summed E-state index contributed by atoms with van der Waals surface area (Å²) < 4.78 is 5.74. The zero-order chi connectivity index (χ0) is 12.9. The van der Waals surface area contributed by atoms with Gasteiger partial charge in [-0.05, 0) is 44.9 Å². The molecule has 0 spiro atoms. The molecule has 0 aliphatic rings. The van der Waals surface area contributed by atoms with Crippen LogP contribution in [0.1, 0.15) is 58.6 Å². The first-order valence-electron chi connectivity index (χ1n) is 6.39. The van der Waals surface area contributed by atoms with E-state index < -0.39 is 0 Å². The highest BCUT2D eigenvalue weighted by molar-refractivity contribution is 5.28. The molecule has 0 aliphatic heterocycles. The Hall–Kier alpha value is -1.02. The maximum absolute atomic E-state index is 9.93. The standard InChI is InChI=1S/C15H24O2/c1-5-6-7-14(16)12-8-10-13(11-9-12)17-15(2,3)4/h8-11,14,16H,5-7H2,1-4H3. The summed E-state index contributed by atoms with van der Waals surface area (Å²) in [5, 5.41) is 9.93. The van der Waals surface area contributed by atoms with Gasteiger partial charge in [0, 0.05) is 0 Å². The van der Waals surface area contributed by atoms with Crippen LogP contribution in [0, 0.1) is 0 Å². The van der Waals surface area contributed by atoms with Crippen LogP contribution in [0.2, 0.25) is 0 Å². The minimum Gasteiger partial charge on any atom is -0.488 e. The van der Waals surface area contributed by atoms with E-state index in [9.17, 15) is 5.11 Å². The molecule has 0 saturated carbocycles. The van der Waals surface area contributed by atoms with Crippen molar-refractivity contribution in [1.29, 1.82) is 0 Å². The molecule has 0 aromatic heterocycles. The molecule has 1 aromatic carbocycles. The predicted molar refractivity (Wildman–Crippen MR) is 71.3 cm³/mol. The molecule has 1 rings (SSSR count). The quantitative estimate of drug-likeness (QED) is 0.834. The Bertz CT molecular complexity index is 322. The number of ether oxygens (including phenoxy) is 1. The highest BCUT2D eigenvalue weighted by atomic mass is 16.5. The van der Waals surface area contributed by atoms with Crippen molar-refractivity contribution in [3.8, 4) is 5.75 Å². The van der Waals surface area contributed by atoms with E-state index in [4.69, 9.17) is 4.74 Å². The predicted octanol–water partition coefficient (Wildman–Crippen LogP) is 4.09. The summed E-state index contributed by atoms with van der Waals surface area (Å²) >= 11 is 0. The van der Waals surface area contributed by atoms with Crippen molar-refractivity contribution in [2.45, 2.75) is 58.7 Å². The van der Waals surface area contributed by atoms with Crippen LogP contribution in [0.5, 0.6) is 5.75 Å². The van der Waals surface area contributed by atoms with Gasteiger partial charge in [-0.15, -0.1) is 0 Å². The van der Waals surface area contributed by atoms with E-state index in [0.29, 0.717) is 0 Å². The first-order chi connectivity index (χ1) is 7.92. The van der Waals surface area contributed by atoms with E-state index in [1.807, 2.05) is 45.0 Å². The van der Waals surface area contributed by atoms with Gasteiger partial charge < -0.3 is 9.84 Å². The number of aliphatic hydroxyl groups excluding tert-OH is 1. The van der Waals surface area contributed by atoms with Crippen molar-refractivity contribution < 1.29 is 9.84 Å². The molecule has 2 heteroatoms. The average molecular weight is 236 g/mol. The van der Waals surface area contributed by atoms with Gasteiger partial charge in [-0.1, -0.05) is 31.9 Å². The Kier molecular flexibility index (Phi) is 5.01. The number of benzene rings is 1. The fourth-order valence-electron chi connectivity index (χ4n) is 1.68. The van der Waals surface area contributed by atoms with Crippen molar-refractivity contribution in [3.63, 3.8) is 0 Å². The molecule has 0 aliphatic carbocycles. The van der Waals surface area contributed by atoms with Gasteiger partial charge >= 0.3 is 0 Å². The van der Waals surface area contributed by atoms with Crippen LogP contribution in [0.4, 0.5) is 0 Å². The Balaban J connectivity index is 2.61. The molecule has 0 fully saturated rings. The molecule has 1 N–H and O–H groups in total. The summed E-state index contributed by atoms with van der Waals surface area (Å²) in [6.07, 6.45) is 2.65. The molecule has 96 valence electrons. The van der Waals surface area contributed by atoms with Gasteiger partial charge in [0.15, 0.2) is 0 Å². The van der Waals surface area contributed by atoms with Crippen LogP contribution in [-0.4, -0.2) is 10.7 Å². The molecule has 0 bridgehead atoms. The molecule has 17 heavy (non-hydrogen) atoms. The van der Waals surface area contributed by atoms with Crippen LogP contribution in [0.25, 0.3) is 0 Å². The van der Waals surface area contributed by atoms with Gasteiger partial charge in [0.2, 0.25) is 0 Å². The second-order valence-corrected chi connectivity index (χ2v) is 5.44. The molecule has 0 radical (unpaired) electrons. The molecular formula is C15H24O2. The SMILES string of the molecule is CCCCC(O)c1ccc(OC(C)(C)C)cc1. The summed E-state index contributed by atoms with van der Waals surface area (Å²) in [6, 6.07) is 7.74. The van der Waals surface area contributed by atoms with E-state index >= 15 is 0 Å². The lowest BCUT2D eigenvalue weighted by atomic mass is 10.0. The third-order valence-electron chi connectivity index (χ3n) is 2.52. The maximum atomic E-state index is 9.93.